The molecule has 0 aliphatic heterocycles. The SMILES string of the molecule is O=[N+]([O-])c1ccc(-c2n[nH]cc2/C=N/Nc2ccccn2)o1. The van der Waals surface area contributed by atoms with Gasteiger partial charge in [0.15, 0.2) is 5.76 Å². The normalized spacial score (nSPS) is 10.9. The number of aromatic nitrogens is 3. The van der Waals surface area contributed by atoms with E-state index in [1.54, 1.807) is 24.5 Å². The smallest absolute Gasteiger partial charge is 0.399 e. The maximum Gasteiger partial charge on any atom is 0.433 e. The summed E-state index contributed by atoms with van der Waals surface area (Å²) in [6.07, 6.45) is 4.76. The monoisotopic (exact) mass is 298 g/mol. The van der Waals surface area contributed by atoms with E-state index in [1.165, 1.54) is 18.3 Å². The number of aromatic amines is 1. The molecule has 3 heterocycles. The van der Waals surface area contributed by atoms with Gasteiger partial charge in [-0.2, -0.15) is 10.2 Å². The highest BCUT2D eigenvalue weighted by Crippen LogP contribution is 2.26. The Bertz CT molecular complexity index is 808. The Morgan fingerprint density at radius 1 is 1.36 bits per heavy atom. The van der Waals surface area contributed by atoms with Crippen molar-refractivity contribution in [2.75, 3.05) is 5.43 Å². The molecule has 0 aliphatic carbocycles. The van der Waals surface area contributed by atoms with Crippen molar-refractivity contribution >= 4 is 17.9 Å². The van der Waals surface area contributed by atoms with Crippen LogP contribution in [0, 0.1) is 10.1 Å². The predicted octanol–water partition coefficient (Wildman–Crippen LogP) is 2.42. The number of nitro groups is 1. The third kappa shape index (κ3) is 2.82. The van der Waals surface area contributed by atoms with Gasteiger partial charge in [-0.15, -0.1) is 0 Å². The van der Waals surface area contributed by atoms with Crippen LogP contribution in [0.2, 0.25) is 0 Å². The molecule has 9 heteroatoms. The second kappa shape index (κ2) is 5.87. The van der Waals surface area contributed by atoms with Crippen LogP contribution in [-0.4, -0.2) is 26.3 Å². The van der Waals surface area contributed by atoms with Crippen molar-refractivity contribution in [3.63, 3.8) is 0 Å². The van der Waals surface area contributed by atoms with Crippen molar-refractivity contribution < 1.29 is 9.34 Å². The van der Waals surface area contributed by atoms with E-state index in [0.717, 1.165) is 0 Å². The summed E-state index contributed by atoms with van der Waals surface area (Å²) in [4.78, 5) is 14.1. The largest absolute Gasteiger partial charge is 0.433 e. The van der Waals surface area contributed by atoms with Crippen LogP contribution in [0.1, 0.15) is 5.56 Å². The fraction of sp³-hybridized carbons (Fsp3) is 0. The molecule has 0 atom stereocenters. The zero-order chi connectivity index (χ0) is 15.4. The number of furan rings is 1. The molecule has 3 aromatic rings. The zero-order valence-electron chi connectivity index (χ0n) is 11.1. The van der Waals surface area contributed by atoms with Gasteiger partial charge in [-0.25, -0.2) is 4.98 Å². The fourth-order valence-electron chi connectivity index (χ4n) is 1.74. The lowest BCUT2D eigenvalue weighted by molar-refractivity contribution is -0.401. The fourth-order valence-corrected chi connectivity index (χ4v) is 1.74. The molecule has 9 nitrogen and oxygen atoms in total. The molecular formula is C13H10N6O3. The Hall–Kier alpha value is -3.49. The average molecular weight is 298 g/mol. The molecule has 0 amide bonds. The van der Waals surface area contributed by atoms with Gasteiger partial charge >= 0.3 is 5.88 Å². The third-order valence-corrected chi connectivity index (χ3v) is 2.72. The lowest BCUT2D eigenvalue weighted by Crippen LogP contribution is -1.92. The molecule has 0 unspecified atom stereocenters. The van der Waals surface area contributed by atoms with Gasteiger partial charge in [0.05, 0.1) is 12.3 Å². The van der Waals surface area contributed by atoms with Crippen molar-refractivity contribution in [1.82, 2.24) is 15.2 Å². The summed E-state index contributed by atoms with van der Waals surface area (Å²) in [6, 6.07) is 8.15. The second-order valence-corrected chi connectivity index (χ2v) is 4.17. The predicted molar refractivity (Wildman–Crippen MR) is 78.4 cm³/mol. The Labute approximate surface area is 123 Å². The molecule has 110 valence electrons. The van der Waals surface area contributed by atoms with Crippen molar-refractivity contribution in [2.45, 2.75) is 0 Å². The highest BCUT2D eigenvalue weighted by molar-refractivity contribution is 5.87. The highest BCUT2D eigenvalue weighted by Gasteiger charge is 2.16. The van der Waals surface area contributed by atoms with Gasteiger partial charge in [-0.05, 0) is 18.2 Å². The van der Waals surface area contributed by atoms with Crippen molar-refractivity contribution in [3.05, 3.63) is 58.4 Å². The summed E-state index contributed by atoms with van der Waals surface area (Å²) < 4.78 is 5.12. The van der Waals surface area contributed by atoms with Crippen LogP contribution in [-0.2, 0) is 0 Å². The Balaban J connectivity index is 1.78. The number of nitrogens with zero attached hydrogens (tertiary/aromatic N) is 4. The van der Waals surface area contributed by atoms with Gasteiger partial charge in [0.2, 0.25) is 0 Å². The van der Waals surface area contributed by atoms with E-state index in [-0.39, 0.29) is 11.6 Å². The molecule has 3 aromatic heterocycles. The maximum atomic E-state index is 10.6. The molecule has 2 N–H and O–H groups in total. The molecule has 22 heavy (non-hydrogen) atoms. The molecule has 0 bridgehead atoms. The van der Waals surface area contributed by atoms with Crippen molar-refractivity contribution in [2.24, 2.45) is 5.10 Å². The number of hydrazone groups is 1. The van der Waals surface area contributed by atoms with Gasteiger partial charge in [-0.3, -0.25) is 20.6 Å². The van der Waals surface area contributed by atoms with Crippen LogP contribution in [0.3, 0.4) is 0 Å². The van der Waals surface area contributed by atoms with Gasteiger partial charge in [0.25, 0.3) is 0 Å². The number of hydrogen-bond donors (Lipinski definition) is 2. The molecule has 0 saturated heterocycles. The number of anilines is 1. The van der Waals surface area contributed by atoms with Gasteiger partial charge < -0.3 is 4.42 Å². The van der Waals surface area contributed by atoms with Crippen LogP contribution in [0.25, 0.3) is 11.5 Å². The molecule has 0 radical (unpaired) electrons. The van der Waals surface area contributed by atoms with Gasteiger partial charge in [-0.1, -0.05) is 6.07 Å². The first kappa shape index (κ1) is 13.5. The van der Waals surface area contributed by atoms with E-state index in [9.17, 15) is 10.1 Å². The van der Waals surface area contributed by atoms with Crippen LogP contribution in [0.4, 0.5) is 11.7 Å². The first-order valence-electron chi connectivity index (χ1n) is 6.22. The van der Waals surface area contributed by atoms with E-state index in [4.69, 9.17) is 4.42 Å². The zero-order valence-corrected chi connectivity index (χ0v) is 11.1. The summed E-state index contributed by atoms with van der Waals surface area (Å²) in [5.74, 6) is 0.539. The first-order chi connectivity index (χ1) is 10.7. The Morgan fingerprint density at radius 3 is 3.00 bits per heavy atom. The topological polar surface area (TPSA) is 122 Å². The van der Waals surface area contributed by atoms with E-state index < -0.39 is 4.92 Å². The molecule has 3 rings (SSSR count). The van der Waals surface area contributed by atoms with Gasteiger partial charge in [0.1, 0.15) is 16.4 Å². The summed E-state index contributed by atoms with van der Waals surface area (Å²) >= 11 is 0. The van der Waals surface area contributed by atoms with Crippen LogP contribution in [0.15, 0.2) is 52.2 Å². The lowest BCUT2D eigenvalue weighted by Gasteiger charge is -1.97. The van der Waals surface area contributed by atoms with Gasteiger partial charge in [0, 0.05) is 18.0 Å². The van der Waals surface area contributed by atoms with E-state index in [1.807, 2.05) is 6.07 Å². The summed E-state index contributed by atoms with van der Waals surface area (Å²) in [5.41, 5.74) is 3.81. The summed E-state index contributed by atoms with van der Waals surface area (Å²) in [5, 5.41) is 21.4. The molecular weight excluding hydrogens is 288 g/mol. The van der Waals surface area contributed by atoms with Crippen molar-refractivity contribution in [1.29, 1.82) is 0 Å². The Kier molecular flexibility index (Phi) is 3.60. The molecule has 0 aliphatic rings. The van der Waals surface area contributed by atoms with Crippen LogP contribution < -0.4 is 5.43 Å². The standard InChI is InChI=1S/C13H10N6O3/c20-19(21)12-5-4-10(22-12)13-9(8-16-18-13)7-15-17-11-3-1-2-6-14-11/h1-8H,(H,14,17)(H,16,18)/b15-7+. The second-order valence-electron chi connectivity index (χ2n) is 4.17. The van der Waals surface area contributed by atoms with E-state index >= 15 is 0 Å². The molecule has 0 fully saturated rings. The van der Waals surface area contributed by atoms with Crippen LogP contribution >= 0.6 is 0 Å². The number of pyridine rings is 1. The molecule has 0 saturated carbocycles. The highest BCUT2D eigenvalue weighted by atomic mass is 16.6. The van der Waals surface area contributed by atoms with Crippen LogP contribution in [0.5, 0.6) is 0 Å². The third-order valence-electron chi connectivity index (χ3n) is 2.72. The summed E-state index contributed by atoms with van der Waals surface area (Å²) in [6.45, 7) is 0. The number of H-pyrrole nitrogens is 1. The maximum absolute atomic E-state index is 10.6. The summed E-state index contributed by atoms with van der Waals surface area (Å²) in [7, 11) is 0. The number of hydrogen-bond acceptors (Lipinski definition) is 7. The van der Waals surface area contributed by atoms with Crippen molar-refractivity contribution in [3.8, 4) is 11.5 Å². The molecule has 0 spiro atoms. The number of rotatable bonds is 5. The van der Waals surface area contributed by atoms with E-state index in [0.29, 0.717) is 17.1 Å². The lowest BCUT2D eigenvalue weighted by atomic mass is 10.2. The average Bonchev–Trinajstić information content (AvgIpc) is 3.16. The first-order valence-corrected chi connectivity index (χ1v) is 6.22. The molecule has 0 aromatic carbocycles. The number of nitrogens with one attached hydrogen (secondary N) is 2. The minimum Gasteiger partial charge on any atom is -0.399 e. The quantitative estimate of drug-likeness (QED) is 0.423. The van der Waals surface area contributed by atoms with E-state index in [2.05, 4.69) is 25.7 Å². The minimum atomic E-state index is -0.605. The minimum absolute atomic E-state index is 0.284. The Morgan fingerprint density at radius 2 is 2.27 bits per heavy atom.